The summed E-state index contributed by atoms with van der Waals surface area (Å²) >= 11 is 0. The lowest BCUT2D eigenvalue weighted by Crippen LogP contribution is -2.28. The fourth-order valence-corrected chi connectivity index (χ4v) is 8.49. The fourth-order valence-electron chi connectivity index (χ4n) is 8.49. The van der Waals surface area contributed by atoms with Gasteiger partial charge in [0.2, 0.25) is 0 Å². The maximum absolute atomic E-state index is 6.77. The molecule has 1 heterocycles. The lowest BCUT2D eigenvalue weighted by Gasteiger charge is -2.34. The van der Waals surface area contributed by atoms with E-state index in [1.165, 1.54) is 33.4 Å². The monoisotopic (exact) mass is 651 g/mol. The van der Waals surface area contributed by atoms with Gasteiger partial charge in [0.05, 0.1) is 22.2 Å². The highest BCUT2D eigenvalue weighted by molar-refractivity contribution is 6.17. The Labute approximate surface area is 297 Å². The Balaban J connectivity index is 1.33. The molecule has 0 radical (unpaired) electrons. The first kappa shape index (κ1) is 29.3. The van der Waals surface area contributed by atoms with Crippen LogP contribution < -0.4 is 4.90 Å². The van der Waals surface area contributed by atoms with E-state index in [-0.39, 0.29) is 0 Å². The third-order valence-electron chi connectivity index (χ3n) is 10.5. The molecule has 1 aliphatic rings. The Morgan fingerprint density at radius 3 is 1.73 bits per heavy atom. The highest BCUT2D eigenvalue weighted by atomic mass is 16.3. The minimum atomic E-state index is -0.498. The first-order valence-electron chi connectivity index (χ1n) is 17.5. The quantitative estimate of drug-likeness (QED) is 0.178. The summed E-state index contributed by atoms with van der Waals surface area (Å²) in [5, 5.41) is 2.19. The van der Waals surface area contributed by atoms with Gasteiger partial charge in [-0.15, -0.1) is 0 Å². The summed E-state index contributed by atoms with van der Waals surface area (Å²) in [5.74, 6) is 0. The molecule has 9 aromatic rings. The largest absolute Gasteiger partial charge is 0.455 e. The van der Waals surface area contributed by atoms with Crippen molar-refractivity contribution in [2.45, 2.75) is 5.41 Å². The molecule has 0 atom stereocenters. The lowest BCUT2D eigenvalue weighted by atomic mass is 9.68. The zero-order valence-corrected chi connectivity index (χ0v) is 27.9. The van der Waals surface area contributed by atoms with Crippen molar-refractivity contribution in [3.63, 3.8) is 0 Å². The lowest BCUT2D eigenvalue weighted by molar-refractivity contribution is 0.670. The Bertz CT molecular complexity index is 2640. The molecule has 0 N–H and O–H groups in total. The Hall–Kier alpha value is -6.64. The van der Waals surface area contributed by atoms with E-state index in [0.29, 0.717) is 0 Å². The van der Waals surface area contributed by atoms with Gasteiger partial charge in [-0.25, -0.2) is 0 Å². The molecule has 0 unspecified atom stereocenters. The molecular weight excluding hydrogens is 619 g/mol. The van der Waals surface area contributed by atoms with Crippen molar-refractivity contribution in [3.05, 3.63) is 222 Å². The van der Waals surface area contributed by atoms with Crippen molar-refractivity contribution in [3.8, 4) is 22.3 Å². The van der Waals surface area contributed by atoms with Crippen molar-refractivity contribution in [1.29, 1.82) is 0 Å². The molecule has 1 aliphatic carbocycles. The summed E-state index contributed by atoms with van der Waals surface area (Å²) < 4.78 is 6.77. The van der Waals surface area contributed by atoms with Crippen LogP contribution in [0.15, 0.2) is 205 Å². The topological polar surface area (TPSA) is 16.4 Å². The number of furan rings is 1. The third-order valence-corrected chi connectivity index (χ3v) is 10.5. The van der Waals surface area contributed by atoms with Crippen LogP contribution in [0, 0.1) is 0 Å². The number of anilines is 3. The van der Waals surface area contributed by atoms with Crippen LogP contribution in [0.4, 0.5) is 17.1 Å². The first-order chi connectivity index (χ1) is 25.3. The average molecular weight is 652 g/mol. The van der Waals surface area contributed by atoms with Crippen molar-refractivity contribution < 1.29 is 4.42 Å². The molecule has 0 fully saturated rings. The molecule has 8 aromatic carbocycles. The van der Waals surface area contributed by atoms with Crippen LogP contribution in [0.25, 0.3) is 44.2 Å². The molecule has 0 bridgehead atoms. The van der Waals surface area contributed by atoms with Gasteiger partial charge < -0.3 is 9.32 Å². The first-order valence-corrected chi connectivity index (χ1v) is 17.5. The summed E-state index contributed by atoms with van der Waals surface area (Å²) in [6.45, 7) is 0. The SMILES string of the molecule is c1ccc(-c2ccc(N(c3ccccc3)c3cccc4c3-c3ccccc3C4(c3ccccc3)c3ccccc3)c3c2oc2ccccc23)cc1. The smallest absolute Gasteiger partial charge is 0.145 e. The number of benzene rings is 8. The van der Waals surface area contributed by atoms with E-state index in [1.807, 2.05) is 0 Å². The number of para-hydroxylation sites is 2. The third kappa shape index (κ3) is 4.36. The second kappa shape index (κ2) is 11.8. The fraction of sp³-hybridized carbons (Fsp3) is 0.0204. The second-order valence-corrected chi connectivity index (χ2v) is 13.2. The maximum Gasteiger partial charge on any atom is 0.145 e. The number of hydrogen-bond donors (Lipinski definition) is 0. The number of hydrogen-bond acceptors (Lipinski definition) is 2. The van der Waals surface area contributed by atoms with Gasteiger partial charge in [-0.05, 0) is 69.8 Å². The van der Waals surface area contributed by atoms with Gasteiger partial charge in [0, 0.05) is 22.2 Å². The minimum Gasteiger partial charge on any atom is -0.455 e. The van der Waals surface area contributed by atoms with E-state index in [1.54, 1.807) is 0 Å². The van der Waals surface area contributed by atoms with Crippen LogP contribution in [-0.4, -0.2) is 0 Å². The second-order valence-electron chi connectivity index (χ2n) is 13.2. The summed E-state index contributed by atoms with van der Waals surface area (Å²) in [7, 11) is 0. The van der Waals surface area contributed by atoms with Crippen LogP contribution in [0.3, 0.4) is 0 Å². The van der Waals surface area contributed by atoms with E-state index in [9.17, 15) is 0 Å². The minimum absolute atomic E-state index is 0.498. The van der Waals surface area contributed by atoms with Crippen LogP contribution in [0.2, 0.25) is 0 Å². The van der Waals surface area contributed by atoms with Crippen LogP contribution in [0.5, 0.6) is 0 Å². The van der Waals surface area contributed by atoms with E-state index < -0.39 is 5.41 Å². The van der Waals surface area contributed by atoms with Gasteiger partial charge in [0.25, 0.3) is 0 Å². The molecule has 10 rings (SSSR count). The molecule has 1 aromatic heterocycles. The highest BCUT2D eigenvalue weighted by Crippen LogP contribution is 2.60. The van der Waals surface area contributed by atoms with E-state index in [4.69, 9.17) is 4.42 Å². The molecule has 0 saturated heterocycles. The summed E-state index contributed by atoms with van der Waals surface area (Å²) in [5.41, 5.74) is 14.3. The predicted molar refractivity (Wildman–Crippen MR) is 211 cm³/mol. The molecule has 2 heteroatoms. The number of nitrogens with zero attached hydrogens (tertiary/aromatic N) is 1. The Morgan fingerprint density at radius 1 is 0.412 bits per heavy atom. The normalized spacial score (nSPS) is 12.9. The van der Waals surface area contributed by atoms with Crippen LogP contribution >= 0.6 is 0 Å². The van der Waals surface area contributed by atoms with Gasteiger partial charge in [-0.2, -0.15) is 0 Å². The molecule has 0 spiro atoms. The van der Waals surface area contributed by atoms with E-state index in [0.717, 1.165) is 50.1 Å². The Kier molecular flexibility index (Phi) is 6.75. The summed E-state index contributed by atoms with van der Waals surface area (Å²) in [6.07, 6.45) is 0. The zero-order valence-electron chi connectivity index (χ0n) is 27.9. The molecule has 240 valence electrons. The van der Waals surface area contributed by atoms with Crippen LogP contribution in [0.1, 0.15) is 22.3 Å². The van der Waals surface area contributed by atoms with E-state index in [2.05, 4.69) is 205 Å². The predicted octanol–water partition coefficient (Wildman–Crippen LogP) is 13.1. The summed E-state index contributed by atoms with van der Waals surface area (Å²) in [4.78, 5) is 2.45. The molecule has 2 nitrogen and oxygen atoms in total. The molecule has 0 saturated carbocycles. The maximum atomic E-state index is 6.77. The van der Waals surface area contributed by atoms with Crippen molar-refractivity contribution in [1.82, 2.24) is 0 Å². The molecular formula is C49H33NO. The number of fused-ring (bicyclic) bond motifs is 6. The summed E-state index contributed by atoms with van der Waals surface area (Å²) in [6, 6.07) is 72.1. The van der Waals surface area contributed by atoms with Gasteiger partial charge in [0.15, 0.2) is 0 Å². The van der Waals surface area contributed by atoms with Gasteiger partial charge in [-0.1, -0.05) is 164 Å². The van der Waals surface area contributed by atoms with Gasteiger partial charge >= 0.3 is 0 Å². The standard InChI is InChI=1S/C49H33NO/c1-5-18-34(19-6-1)38-32-33-44(47-40-27-14-16-31-45(40)51-48(38)47)50(37-24-11-4-12-25-37)43-30-17-29-42-46(43)39-26-13-15-28-41(39)49(42,35-20-7-2-8-21-35)36-22-9-3-10-23-36/h1-33H. The van der Waals surface area contributed by atoms with Crippen molar-refractivity contribution in [2.75, 3.05) is 4.90 Å². The van der Waals surface area contributed by atoms with Gasteiger partial charge in [-0.3, -0.25) is 0 Å². The average Bonchev–Trinajstić information content (AvgIpc) is 3.75. The zero-order chi connectivity index (χ0) is 33.8. The number of rotatable bonds is 6. The highest BCUT2D eigenvalue weighted by Gasteiger charge is 2.47. The van der Waals surface area contributed by atoms with Crippen LogP contribution in [-0.2, 0) is 5.41 Å². The molecule has 51 heavy (non-hydrogen) atoms. The van der Waals surface area contributed by atoms with Crippen molar-refractivity contribution in [2.24, 2.45) is 0 Å². The molecule has 0 amide bonds. The van der Waals surface area contributed by atoms with E-state index >= 15 is 0 Å². The Morgan fingerprint density at radius 2 is 1.00 bits per heavy atom. The molecule has 0 aliphatic heterocycles. The van der Waals surface area contributed by atoms with Gasteiger partial charge in [0.1, 0.15) is 11.2 Å². The van der Waals surface area contributed by atoms with Crippen molar-refractivity contribution >= 4 is 39.0 Å².